The summed E-state index contributed by atoms with van der Waals surface area (Å²) in [7, 11) is 0. The van der Waals surface area contributed by atoms with Gasteiger partial charge in [0.1, 0.15) is 5.75 Å². The largest absolute Gasteiger partial charge is 0.491 e. The SMILES string of the molecule is CCc1nc(C)ccc1OCC(CC)CBr. The van der Waals surface area contributed by atoms with Crippen molar-refractivity contribution in [3.63, 3.8) is 0 Å². The number of ether oxygens (including phenoxy) is 1. The topological polar surface area (TPSA) is 22.1 Å². The standard InChI is InChI=1S/C13H20BrNO/c1-4-11(8-14)9-16-13-7-6-10(3)15-12(13)5-2/h6-7,11H,4-5,8-9H2,1-3H3. The summed E-state index contributed by atoms with van der Waals surface area (Å²) in [5.41, 5.74) is 2.11. The van der Waals surface area contributed by atoms with E-state index in [4.69, 9.17) is 4.74 Å². The molecular weight excluding hydrogens is 266 g/mol. The molecule has 2 nitrogen and oxygen atoms in total. The number of hydrogen-bond acceptors (Lipinski definition) is 2. The smallest absolute Gasteiger partial charge is 0.140 e. The Morgan fingerprint density at radius 2 is 2.12 bits per heavy atom. The van der Waals surface area contributed by atoms with Crippen molar-refractivity contribution in [1.29, 1.82) is 0 Å². The Hall–Kier alpha value is -0.570. The monoisotopic (exact) mass is 285 g/mol. The minimum absolute atomic E-state index is 0.575. The first kappa shape index (κ1) is 13.5. The van der Waals surface area contributed by atoms with Gasteiger partial charge in [0.15, 0.2) is 0 Å². The number of aromatic nitrogens is 1. The highest BCUT2D eigenvalue weighted by Gasteiger charge is 2.08. The minimum Gasteiger partial charge on any atom is -0.491 e. The lowest BCUT2D eigenvalue weighted by Crippen LogP contribution is -2.13. The predicted molar refractivity (Wildman–Crippen MR) is 71.4 cm³/mol. The van der Waals surface area contributed by atoms with Crippen molar-refractivity contribution >= 4 is 15.9 Å². The Morgan fingerprint density at radius 1 is 1.38 bits per heavy atom. The van der Waals surface area contributed by atoms with E-state index in [1.165, 1.54) is 0 Å². The van der Waals surface area contributed by atoms with Crippen LogP contribution in [-0.2, 0) is 6.42 Å². The molecule has 1 atom stereocenters. The molecule has 0 aliphatic rings. The number of alkyl halides is 1. The molecule has 1 aromatic heterocycles. The van der Waals surface area contributed by atoms with Crippen LogP contribution in [-0.4, -0.2) is 16.9 Å². The molecule has 0 spiro atoms. The molecular formula is C13H20BrNO. The molecule has 0 radical (unpaired) electrons. The third kappa shape index (κ3) is 3.78. The van der Waals surface area contributed by atoms with Crippen LogP contribution < -0.4 is 4.74 Å². The van der Waals surface area contributed by atoms with Gasteiger partial charge < -0.3 is 4.74 Å². The summed E-state index contributed by atoms with van der Waals surface area (Å²) in [6.07, 6.45) is 2.05. The molecule has 0 aliphatic carbocycles. The molecule has 90 valence electrons. The van der Waals surface area contributed by atoms with Crippen LogP contribution in [0.3, 0.4) is 0 Å². The van der Waals surface area contributed by atoms with E-state index in [9.17, 15) is 0 Å². The fraction of sp³-hybridized carbons (Fsp3) is 0.615. The highest BCUT2D eigenvalue weighted by molar-refractivity contribution is 9.09. The summed E-state index contributed by atoms with van der Waals surface area (Å²) in [5.74, 6) is 1.51. The van der Waals surface area contributed by atoms with E-state index in [0.717, 1.165) is 41.9 Å². The summed E-state index contributed by atoms with van der Waals surface area (Å²) in [4.78, 5) is 4.48. The van der Waals surface area contributed by atoms with Gasteiger partial charge in [-0.2, -0.15) is 0 Å². The van der Waals surface area contributed by atoms with Gasteiger partial charge in [0.2, 0.25) is 0 Å². The van der Waals surface area contributed by atoms with Crippen molar-refractivity contribution in [3.05, 3.63) is 23.5 Å². The van der Waals surface area contributed by atoms with Crippen LogP contribution in [0, 0.1) is 12.8 Å². The van der Waals surface area contributed by atoms with Crippen molar-refractivity contribution in [3.8, 4) is 5.75 Å². The van der Waals surface area contributed by atoms with Gasteiger partial charge in [0.05, 0.1) is 12.3 Å². The molecule has 0 aromatic carbocycles. The van der Waals surface area contributed by atoms with Gasteiger partial charge in [-0.1, -0.05) is 29.8 Å². The molecule has 16 heavy (non-hydrogen) atoms. The Labute approximate surface area is 107 Å². The van der Waals surface area contributed by atoms with E-state index >= 15 is 0 Å². The number of aryl methyl sites for hydroxylation is 2. The lowest BCUT2D eigenvalue weighted by Gasteiger charge is -2.15. The summed E-state index contributed by atoms with van der Waals surface area (Å²) in [6.45, 7) is 7.07. The molecule has 1 heterocycles. The molecule has 0 saturated heterocycles. The van der Waals surface area contributed by atoms with Gasteiger partial charge in [-0.3, -0.25) is 4.98 Å². The second-order valence-electron chi connectivity index (χ2n) is 3.99. The van der Waals surface area contributed by atoms with Crippen LogP contribution >= 0.6 is 15.9 Å². The zero-order valence-electron chi connectivity index (χ0n) is 10.3. The summed E-state index contributed by atoms with van der Waals surface area (Å²) in [6, 6.07) is 4.03. The van der Waals surface area contributed by atoms with Gasteiger partial charge in [0.25, 0.3) is 0 Å². The van der Waals surface area contributed by atoms with E-state index in [-0.39, 0.29) is 0 Å². The molecule has 0 saturated carbocycles. The lowest BCUT2D eigenvalue weighted by molar-refractivity contribution is 0.256. The van der Waals surface area contributed by atoms with E-state index in [0.29, 0.717) is 5.92 Å². The fourth-order valence-corrected chi connectivity index (χ4v) is 2.11. The first-order chi connectivity index (χ1) is 7.71. The Kier molecular flexibility index (Phi) is 5.81. The normalized spacial score (nSPS) is 12.5. The van der Waals surface area contributed by atoms with E-state index in [1.54, 1.807) is 0 Å². The van der Waals surface area contributed by atoms with E-state index in [2.05, 4.69) is 34.8 Å². The highest BCUT2D eigenvalue weighted by Crippen LogP contribution is 2.19. The van der Waals surface area contributed by atoms with E-state index < -0.39 is 0 Å². The van der Waals surface area contributed by atoms with Gasteiger partial charge in [-0.25, -0.2) is 0 Å². The predicted octanol–water partition coefficient (Wildman–Crippen LogP) is 3.75. The lowest BCUT2D eigenvalue weighted by atomic mass is 10.1. The second kappa shape index (κ2) is 6.89. The molecule has 1 rings (SSSR count). The van der Waals surface area contributed by atoms with Gasteiger partial charge in [-0.15, -0.1) is 0 Å². The Morgan fingerprint density at radius 3 is 2.69 bits per heavy atom. The maximum atomic E-state index is 5.83. The van der Waals surface area contributed by atoms with Crippen LogP contribution in [0.2, 0.25) is 0 Å². The molecule has 0 bridgehead atoms. The van der Waals surface area contributed by atoms with Crippen molar-refractivity contribution in [2.24, 2.45) is 5.92 Å². The number of halogens is 1. The minimum atomic E-state index is 0.575. The maximum Gasteiger partial charge on any atom is 0.140 e. The van der Waals surface area contributed by atoms with Crippen LogP contribution in [0.15, 0.2) is 12.1 Å². The average molecular weight is 286 g/mol. The van der Waals surface area contributed by atoms with Gasteiger partial charge >= 0.3 is 0 Å². The zero-order chi connectivity index (χ0) is 12.0. The van der Waals surface area contributed by atoms with Crippen LogP contribution in [0.25, 0.3) is 0 Å². The van der Waals surface area contributed by atoms with Gasteiger partial charge in [-0.05, 0) is 31.9 Å². The van der Waals surface area contributed by atoms with E-state index in [1.807, 2.05) is 19.1 Å². The second-order valence-corrected chi connectivity index (χ2v) is 4.64. The van der Waals surface area contributed by atoms with Crippen molar-refractivity contribution in [1.82, 2.24) is 4.98 Å². The van der Waals surface area contributed by atoms with Crippen LogP contribution in [0.4, 0.5) is 0 Å². The number of hydrogen-bond donors (Lipinski definition) is 0. The molecule has 0 amide bonds. The highest BCUT2D eigenvalue weighted by atomic mass is 79.9. The third-order valence-corrected chi connectivity index (χ3v) is 3.59. The van der Waals surface area contributed by atoms with Crippen LogP contribution in [0.5, 0.6) is 5.75 Å². The number of rotatable bonds is 6. The Balaban J connectivity index is 2.65. The Bertz CT molecular complexity index is 324. The first-order valence-corrected chi connectivity index (χ1v) is 6.98. The summed E-state index contributed by atoms with van der Waals surface area (Å²) < 4.78 is 5.83. The van der Waals surface area contributed by atoms with Crippen LogP contribution in [0.1, 0.15) is 31.7 Å². The molecule has 0 aliphatic heterocycles. The summed E-state index contributed by atoms with van der Waals surface area (Å²) >= 11 is 3.50. The average Bonchev–Trinajstić information content (AvgIpc) is 2.31. The zero-order valence-corrected chi connectivity index (χ0v) is 11.9. The number of nitrogens with zero attached hydrogens (tertiary/aromatic N) is 1. The quantitative estimate of drug-likeness (QED) is 0.743. The molecule has 1 aromatic rings. The molecule has 3 heteroatoms. The van der Waals surface area contributed by atoms with Gasteiger partial charge in [0, 0.05) is 16.9 Å². The van der Waals surface area contributed by atoms with Crippen molar-refractivity contribution < 1.29 is 4.74 Å². The van der Waals surface area contributed by atoms with Crippen molar-refractivity contribution in [2.75, 3.05) is 11.9 Å². The van der Waals surface area contributed by atoms with Crippen molar-refractivity contribution in [2.45, 2.75) is 33.6 Å². The fourth-order valence-electron chi connectivity index (χ4n) is 1.46. The molecule has 0 fully saturated rings. The third-order valence-electron chi connectivity index (χ3n) is 2.68. The maximum absolute atomic E-state index is 5.83. The summed E-state index contributed by atoms with van der Waals surface area (Å²) in [5, 5.41) is 0.990. The molecule has 0 N–H and O–H groups in total. The number of pyridine rings is 1. The molecule has 1 unspecified atom stereocenters. The first-order valence-electron chi connectivity index (χ1n) is 5.86.